The minimum atomic E-state index is -0.271. The SMILES string of the molecule is CCC(Sc1cccc(NC(=S)Nc2ccccc2)c1)C(=O)Nc1cc(OC)cc(OC)c1. The van der Waals surface area contributed by atoms with Gasteiger partial charge in [0.2, 0.25) is 5.91 Å². The third kappa shape index (κ3) is 7.40. The van der Waals surface area contributed by atoms with Gasteiger partial charge in [0.05, 0.1) is 19.5 Å². The van der Waals surface area contributed by atoms with Crippen molar-refractivity contribution in [3.8, 4) is 11.5 Å². The van der Waals surface area contributed by atoms with Crippen molar-refractivity contribution < 1.29 is 14.3 Å². The monoisotopic (exact) mass is 481 g/mol. The molecular formula is C25H27N3O3S2. The van der Waals surface area contributed by atoms with Crippen molar-refractivity contribution in [1.29, 1.82) is 0 Å². The molecule has 3 aromatic rings. The van der Waals surface area contributed by atoms with Crippen molar-refractivity contribution in [2.24, 2.45) is 0 Å². The van der Waals surface area contributed by atoms with E-state index in [1.807, 2.05) is 61.5 Å². The van der Waals surface area contributed by atoms with Crippen LogP contribution in [0.2, 0.25) is 0 Å². The van der Waals surface area contributed by atoms with E-state index in [0.717, 1.165) is 16.3 Å². The molecular weight excluding hydrogens is 454 g/mol. The Labute approximate surface area is 204 Å². The summed E-state index contributed by atoms with van der Waals surface area (Å²) in [5.74, 6) is 1.14. The average Bonchev–Trinajstić information content (AvgIpc) is 2.82. The third-order valence-electron chi connectivity index (χ3n) is 4.68. The lowest BCUT2D eigenvalue weighted by Gasteiger charge is -2.17. The summed E-state index contributed by atoms with van der Waals surface area (Å²) in [6.45, 7) is 1.99. The molecule has 0 bridgehead atoms. The van der Waals surface area contributed by atoms with E-state index in [0.29, 0.717) is 28.7 Å². The van der Waals surface area contributed by atoms with E-state index < -0.39 is 0 Å². The summed E-state index contributed by atoms with van der Waals surface area (Å²) in [5, 5.41) is 9.55. The molecule has 3 rings (SSSR count). The second-order valence-corrected chi connectivity index (χ2v) is 8.76. The molecule has 3 N–H and O–H groups in total. The van der Waals surface area contributed by atoms with Crippen molar-refractivity contribution in [1.82, 2.24) is 0 Å². The van der Waals surface area contributed by atoms with E-state index in [2.05, 4.69) is 16.0 Å². The number of hydrogen-bond acceptors (Lipinski definition) is 5. The molecule has 0 radical (unpaired) electrons. The number of anilines is 3. The van der Waals surface area contributed by atoms with Gasteiger partial charge in [0.25, 0.3) is 0 Å². The lowest BCUT2D eigenvalue weighted by atomic mass is 10.2. The summed E-state index contributed by atoms with van der Waals surface area (Å²) in [5.41, 5.74) is 2.39. The predicted molar refractivity (Wildman–Crippen MR) is 141 cm³/mol. The zero-order valence-electron chi connectivity index (χ0n) is 18.8. The largest absolute Gasteiger partial charge is 0.497 e. The van der Waals surface area contributed by atoms with Crippen molar-refractivity contribution in [2.45, 2.75) is 23.5 Å². The van der Waals surface area contributed by atoms with Gasteiger partial charge in [0.15, 0.2) is 5.11 Å². The molecule has 0 spiro atoms. The van der Waals surface area contributed by atoms with Crippen LogP contribution >= 0.6 is 24.0 Å². The lowest BCUT2D eigenvalue weighted by molar-refractivity contribution is -0.115. The molecule has 172 valence electrons. The number of thiocarbonyl (C=S) groups is 1. The maximum absolute atomic E-state index is 13.0. The van der Waals surface area contributed by atoms with Crippen molar-refractivity contribution >= 4 is 52.1 Å². The van der Waals surface area contributed by atoms with Gasteiger partial charge in [-0.05, 0) is 49.0 Å². The fourth-order valence-electron chi connectivity index (χ4n) is 3.05. The van der Waals surface area contributed by atoms with Crippen LogP contribution in [0.15, 0.2) is 77.7 Å². The maximum atomic E-state index is 13.0. The van der Waals surface area contributed by atoms with Crippen molar-refractivity contribution in [3.05, 3.63) is 72.8 Å². The maximum Gasteiger partial charge on any atom is 0.237 e. The summed E-state index contributed by atoms with van der Waals surface area (Å²) < 4.78 is 10.6. The second-order valence-electron chi connectivity index (χ2n) is 7.08. The van der Waals surface area contributed by atoms with Crippen LogP contribution < -0.4 is 25.4 Å². The molecule has 1 amide bonds. The molecule has 1 unspecified atom stereocenters. The van der Waals surface area contributed by atoms with E-state index >= 15 is 0 Å². The number of benzene rings is 3. The molecule has 0 aliphatic carbocycles. The first kappa shape index (κ1) is 24.4. The molecule has 0 saturated carbocycles. The van der Waals surface area contributed by atoms with E-state index in [-0.39, 0.29) is 11.2 Å². The Morgan fingerprint density at radius 1 is 0.848 bits per heavy atom. The number of rotatable bonds is 9. The molecule has 33 heavy (non-hydrogen) atoms. The predicted octanol–water partition coefficient (Wildman–Crippen LogP) is 6.02. The zero-order chi connectivity index (χ0) is 23.6. The Balaban J connectivity index is 1.64. The minimum absolute atomic E-state index is 0.0857. The molecule has 6 nitrogen and oxygen atoms in total. The molecule has 0 fully saturated rings. The van der Waals surface area contributed by atoms with Gasteiger partial charge in [-0.1, -0.05) is 31.2 Å². The molecule has 8 heteroatoms. The first-order valence-electron chi connectivity index (χ1n) is 10.4. The van der Waals surface area contributed by atoms with Crippen LogP contribution in [0.25, 0.3) is 0 Å². The first-order valence-corrected chi connectivity index (χ1v) is 11.7. The van der Waals surface area contributed by atoms with Crippen LogP contribution in [0.3, 0.4) is 0 Å². The summed E-state index contributed by atoms with van der Waals surface area (Å²) in [7, 11) is 3.15. The molecule has 0 aliphatic rings. The first-order chi connectivity index (χ1) is 16.0. The van der Waals surface area contributed by atoms with E-state index in [9.17, 15) is 4.79 Å². The van der Waals surface area contributed by atoms with E-state index in [1.165, 1.54) is 11.8 Å². The highest BCUT2D eigenvalue weighted by atomic mass is 32.2. The number of hydrogen-bond donors (Lipinski definition) is 3. The number of methoxy groups -OCH3 is 2. The van der Waals surface area contributed by atoms with Gasteiger partial charge >= 0.3 is 0 Å². The molecule has 3 aromatic carbocycles. The number of carbonyl (C=O) groups excluding carboxylic acids is 1. The van der Waals surface area contributed by atoms with Gasteiger partial charge in [-0.15, -0.1) is 11.8 Å². The van der Waals surface area contributed by atoms with Gasteiger partial charge in [-0.2, -0.15) is 0 Å². The quantitative estimate of drug-likeness (QED) is 0.255. The highest BCUT2D eigenvalue weighted by Crippen LogP contribution is 2.30. The van der Waals surface area contributed by atoms with Crippen LogP contribution in [0, 0.1) is 0 Å². The minimum Gasteiger partial charge on any atom is -0.497 e. The number of amides is 1. The number of para-hydroxylation sites is 1. The highest BCUT2D eigenvalue weighted by molar-refractivity contribution is 8.00. The molecule has 0 heterocycles. The second kappa shape index (κ2) is 12.1. The van der Waals surface area contributed by atoms with E-state index in [1.54, 1.807) is 32.4 Å². The van der Waals surface area contributed by atoms with Gasteiger partial charge in [0, 0.05) is 40.2 Å². The average molecular weight is 482 g/mol. The molecule has 1 atom stereocenters. The summed E-state index contributed by atoms with van der Waals surface area (Å²) in [6, 6.07) is 22.9. The Morgan fingerprint density at radius 3 is 2.12 bits per heavy atom. The third-order valence-corrected chi connectivity index (χ3v) is 6.25. The van der Waals surface area contributed by atoms with Crippen molar-refractivity contribution in [3.63, 3.8) is 0 Å². The Bertz CT molecular complexity index is 1070. The normalized spacial score (nSPS) is 11.2. The Hall–Kier alpha value is -3.23. The van der Waals surface area contributed by atoms with Crippen LogP contribution in [0.1, 0.15) is 13.3 Å². The van der Waals surface area contributed by atoms with Crippen LogP contribution in [-0.2, 0) is 4.79 Å². The molecule has 0 aliphatic heterocycles. The number of carbonyl (C=O) groups is 1. The zero-order valence-corrected chi connectivity index (χ0v) is 20.4. The van der Waals surface area contributed by atoms with Crippen LogP contribution in [0.5, 0.6) is 11.5 Å². The van der Waals surface area contributed by atoms with Gasteiger partial charge in [-0.3, -0.25) is 4.79 Å². The molecule has 0 saturated heterocycles. The number of nitrogens with one attached hydrogen (secondary N) is 3. The van der Waals surface area contributed by atoms with E-state index in [4.69, 9.17) is 21.7 Å². The van der Waals surface area contributed by atoms with Crippen molar-refractivity contribution in [2.75, 3.05) is 30.2 Å². The Kier molecular flexibility index (Phi) is 8.97. The topological polar surface area (TPSA) is 71.6 Å². The number of ether oxygens (including phenoxy) is 2. The fourth-order valence-corrected chi connectivity index (χ4v) is 4.30. The summed E-state index contributed by atoms with van der Waals surface area (Å²) in [6.07, 6.45) is 0.670. The fraction of sp³-hybridized carbons (Fsp3) is 0.200. The van der Waals surface area contributed by atoms with Crippen LogP contribution in [-0.4, -0.2) is 30.5 Å². The van der Waals surface area contributed by atoms with Gasteiger partial charge < -0.3 is 25.4 Å². The highest BCUT2D eigenvalue weighted by Gasteiger charge is 2.19. The van der Waals surface area contributed by atoms with Gasteiger partial charge in [0.1, 0.15) is 11.5 Å². The summed E-state index contributed by atoms with van der Waals surface area (Å²) >= 11 is 6.92. The standard InChI is InChI=1S/C25H27N3O3S2/c1-4-23(24(29)26-19-13-20(30-2)16-21(14-19)31-3)33-22-12-8-11-18(15-22)28-25(32)27-17-9-6-5-7-10-17/h5-16,23H,4H2,1-3H3,(H,26,29)(H2,27,28,32). The lowest BCUT2D eigenvalue weighted by Crippen LogP contribution is -2.24. The number of thioether (sulfide) groups is 1. The smallest absolute Gasteiger partial charge is 0.237 e. The Morgan fingerprint density at radius 2 is 1.48 bits per heavy atom. The van der Waals surface area contributed by atoms with Gasteiger partial charge in [-0.25, -0.2) is 0 Å². The summed E-state index contributed by atoms with van der Waals surface area (Å²) in [4.78, 5) is 13.9. The molecule has 0 aromatic heterocycles. The van der Waals surface area contributed by atoms with Crippen LogP contribution in [0.4, 0.5) is 17.1 Å².